The van der Waals surface area contributed by atoms with Gasteiger partial charge >= 0.3 is 0 Å². The van der Waals surface area contributed by atoms with Crippen LogP contribution < -0.4 is 5.32 Å². The van der Waals surface area contributed by atoms with E-state index in [0.29, 0.717) is 0 Å². The Morgan fingerprint density at radius 3 is 3.27 bits per heavy atom. The summed E-state index contributed by atoms with van der Waals surface area (Å²) in [4.78, 5) is 4.30. The smallest absolute Gasteiger partial charge is 0.255 e. The highest BCUT2D eigenvalue weighted by atomic mass is 32.2. The number of hydrogen-bond acceptors (Lipinski definition) is 4. The molecule has 2 rings (SSSR count). The van der Waals surface area contributed by atoms with Gasteiger partial charge in [-0.25, -0.2) is 4.98 Å². The summed E-state index contributed by atoms with van der Waals surface area (Å²) in [6.07, 6.45) is 2.95. The van der Waals surface area contributed by atoms with E-state index < -0.39 is 0 Å². The first-order valence-corrected chi connectivity index (χ1v) is 4.86. The number of aromatic nitrogens is 1. The third kappa shape index (κ3) is 1.28. The van der Waals surface area contributed by atoms with Crippen molar-refractivity contribution in [2.75, 3.05) is 12.8 Å². The maximum atomic E-state index is 5.47. The third-order valence-corrected chi connectivity index (χ3v) is 2.28. The molecule has 11 heavy (non-hydrogen) atoms. The highest BCUT2D eigenvalue weighted by molar-refractivity contribution is 7.98. The molecule has 0 bridgehead atoms. The molecule has 1 N–H and O–H groups in total. The molecule has 0 fully saturated rings. The Kier molecular flexibility index (Phi) is 1.87. The van der Waals surface area contributed by atoms with Crippen LogP contribution in [0.5, 0.6) is 0 Å². The number of nitrogens with zero attached hydrogens (tertiary/aromatic N) is 1. The van der Waals surface area contributed by atoms with Gasteiger partial charge in [0.1, 0.15) is 5.76 Å². The zero-order valence-electron chi connectivity index (χ0n) is 6.39. The third-order valence-electron chi connectivity index (χ3n) is 1.75. The molecule has 1 aromatic heterocycles. The standard InChI is InChI=1S/C7H10N2OS/c1-11-7-9-5-4-8-3-2-6(5)10-7/h8H,2-4H2,1H3. The van der Waals surface area contributed by atoms with Crippen LogP contribution in [0.1, 0.15) is 11.5 Å². The lowest BCUT2D eigenvalue weighted by Crippen LogP contribution is -2.22. The molecular weight excluding hydrogens is 160 g/mol. The monoisotopic (exact) mass is 170 g/mol. The summed E-state index contributed by atoms with van der Waals surface area (Å²) in [7, 11) is 0. The van der Waals surface area contributed by atoms with Gasteiger partial charge in [0.2, 0.25) is 0 Å². The fraction of sp³-hybridized carbons (Fsp3) is 0.571. The summed E-state index contributed by atoms with van der Waals surface area (Å²) >= 11 is 1.56. The van der Waals surface area contributed by atoms with Crippen molar-refractivity contribution in [1.82, 2.24) is 10.3 Å². The Hall–Kier alpha value is -0.480. The molecule has 0 amide bonds. The zero-order valence-corrected chi connectivity index (χ0v) is 7.20. The van der Waals surface area contributed by atoms with Crippen LogP contribution in [0.15, 0.2) is 9.64 Å². The summed E-state index contributed by atoms with van der Waals surface area (Å²) in [5.41, 5.74) is 1.08. The van der Waals surface area contributed by atoms with Gasteiger partial charge < -0.3 is 9.73 Å². The molecule has 0 unspecified atom stereocenters. The van der Waals surface area contributed by atoms with Crippen LogP contribution in [-0.4, -0.2) is 17.8 Å². The number of oxazole rings is 1. The van der Waals surface area contributed by atoms with Crippen LogP contribution in [-0.2, 0) is 13.0 Å². The molecule has 1 aliphatic heterocycles. The van der Waals surface area contributed by atoms with E-state index in [2.05, 4.69) is 10.3 Å². The Bertz CT molecular complexity index is 235. The van der Waals surface area contributed by atoms with E-state index in [1.807, 2.05) is 6.26 Å². The Morgan fingerprint density at radius 1 is 1.64 bits per heavy atom. The number of hydrogen-bond donors (Lipinski definition) is 1. The average Bonchev–Trinajstić information content (AvgIpc) is 2.46. The molecule has 0 saturated heterocycles. The quantitative estimate of drug-likeness (QED) is 0.639. The molecule has 0 spiro atoms. The van der Waals surface area contributed by atoms with Gasteiger partial charge in [0.05, 0.1) is 5.69 Å². The normalized spacial score (nSPS) is 16.5. The number of fused-ring (bicyclic) bond motifs is 1. The minimum Gasteiger partial charge on any atom is -0.436 e. The molecule has 0 aliphatic carbocycles. The maximum absolute atomic E-state index is 5.47. The summed E-state index contributed by atoms with van der Waals surface area (Å²) < 4.78 is 5.47. The Labute approximate surface area is 69.6 Å². The molecule has 1 aromatic rings. The van der Waals surface area contributed by atoms with Gasteiger partial charge in [-0.2, -0.15) is 0 Å². The van der Waals surface area contributed by atoms with Gasteiger partial charge in [-0.05, 0) is 6.26 Å². The Morgan fingerprint density at radius 2 is 2.55 bits per heavy atom. The van der Waals surface area contributed by atoms with Crippen LogP contribution in [0.25, 0.3) is 0 Å². The van der Waals surface area contributed by atoms with Gasteiger partial charge in [-0.3, -0.25) is 0 Å². The van der Waals surface area contributed by atoms with E-state index in [9.17, 15) is 0 Å². The molecule has 0 saturated carbocycles. The largest absolute Gasteiger partial charge is 0.436 e. The number of nitrogens with one attached hydrogen (secondary N) is 1. The summed E-state index contributed by atoms with van der Waals surface area (Å²) in [5, 5.41) is 4.04. The highest BCUT2D eigenvalue weighted by Crippen LogP contribution is 2.20. The number of thioether (sulfide) groups is 1. The van der Waals surface area contributed by atoms with Crippen LogP contribution in [0.3, 0.4) is 0 Å². The second kappa shape index (κ2) is 2.87. The molecule has 1 aliphatic rings. The van der Waals surface area contributed by atoms with Gasteiger partial charge in [0, 0.05) is 19.5 Å². The van der Waals surface area contributed by atoms with Gasteiger partial charge in [-0.15, -0.1) is 0 Å². The van der Waals surface area contributed by atoms with E-state index in [4.69, 9.17) is 4.42 Å². The first-order valence-electron chi connectivity index (χ1n) is 3.63. The van der Waals surface area contributed by atoms with Crippen LogP contribution in [0.2, 0.25) is 0 Å². The van der Waals surface area contributed by atoms with Crippen molar-refractivity contribution in [3.63, 3.8) is 0 Å². The van der Waals surface area contributed by atoms with Crippen molar-refractivity contribution >= 4 is 11.8 Å². The molecule has 3 nitrogen and oxygen atoms in total. The lowest BCUT2D eigenvalue weighted by molar-refractivity contribution is 0.406. The molecule has 0 aromatic carbocycles. The van der Waals surface area contributed by atoms with Crippen molar-refractivity contribution < 1.29 is 4.42 Å². The summed E-state index contributed by atoms with van der Waals surface area (Å²) in [5.74, 6) is 1.06. The van der Waals surface area contributed by atoms with E-state index in [0.717, 1.165) is 36.2 Å². The Balaban J connectivity index is 2.32. The van der Waals surface area contributed by atoms with Crippen LogP contribution >= 0.6 is 11.8 Å². The average molecular weight is 170 g/mol. The lowest BCUT2D eigenvalue weighted by atomic mass is 10.2. The first kappa shape index (κ1) is 7.18. The summed E-state index contributed by atoms with van der Waals surface area (Å²) in [6.45, 7) is 1.87. The van der Waals surface area contributed by atoms with E-state index >= 15 is 0 Å². The predicted octanol–water partition coefficient (Wildman–Crippen LogP) is 1.04. The minimum atomic E-state index is 0.790. The number of rotatable bonds is 1. The van der Waals surface area contributed by atoms with Crippen molar-refractivity contribution in [2.45, 2.75) is 18.2 Å². The van der Waals surface area contributed by atoms with Crippen molar-refractivity contribution in [3.8, 4) is 0 Å². The first-order chi connectivity index (χ1) is 5.40. The molecule has 0 atom stereocenters. The van der Waals surface area contributed by atoms with Crippen molar-refractivity contribution in [3.05, 3.63) is 11.5 Å². The second-order valence-corrected chi connectivity index (χ2v) is 3.24. The SMILES string of the molecule is CSc1nc2c(o1)CCNC2. The topological polar surface area (TPSA) is 38.1 Å². The predicted molar refractivity (Wildman–Crippen MR) is 43.7 cm³/mol. The minimum absolute atomic E-state index is 0.790. The van der Waals surface area contributed by atoms with Crippen LogP contribution in [0.4, 0.5) is 0 Å². The lowest BCUT2D eigenvalue weighted by Gasteiger charge is -2.07. The second-order valence-electron chi connectivity index (χ2n) is 2.48. The van der Waals surface area contributed by atoms with Gasteiger partial charge in [0.15, 0.2) is 0 Å². The van der Waals surface area contributed by atoms with E-state index in [-0.39, 0.29) is 0 Å². The highest BCUT2D eigenvalue weighted by Gasteiger charge is 2.15. The molecule has 60 valence electrons. The van der Waals surface area contributed by atoms with Gasteiger partial charge in [-0.1, -0.05) is 11.8 Å². The zero-order chi connectivity index (χ0) is 7.68. The maximum Gasteiger partial charge on any atom is 0.255 e. The van der Waals surface area contributed by atoms with Gasteiger partial charge in [0.25, 0.3) is 5.22 Å². The molecule has 0 radical (unpaired) electrons. The molecule has 2 heterocycles. The fourth-order valence-corrected chi connectivity index (χ4v) is 1.57. The summed E-state index contributed by atoms with van der Waals surface area (Å²) in [6, 6.07) is 0. The fourth-order valence-electron chi connectivity index (χ4n) is 1.19. The van der Waals surface area contributed by atoms with Crippen molar-refractivity contribution in [2.24, 2.45) is 0 Å². The van der Waals surface area contributed by atoms with E-state index in [1.165, 1.54) is 0 Å². The van der Waals surface area contributed by atoms with Crippen molar-refractivity contribution in [1.29, 1.82) is 0 Å². The molecular formula is C7H10N2OS. The van der Waals surface area contributed by atoms with Crippen LogP contribution in [0, 0.1) is 0 Å². The molecule has 4 heteroatoms. The van der Waals surface area contributed by atoms with E-state index in [1.54, 1.807) is 11.8 Å².